The Bertz CT molecular complexity index is 508. The van der Waals surface area contributed by atoms with Gasteiger partial charge in [-0.15, -0.1) is 0 Å². The zero-order chi connectivity index (χ0) is 14.9. The van der Waals surface area contributed by atoms with Crippen molar-refractivity contribution < 1.29 is 0 Å². The number of nitrogens with one attached hydrogen (secondary N) is 1. The van der Waals surface area contributed by atoms with E-state index < -0.39 is 0 Å². The lowest BCUT2D eigenvalue weighted by atomic mass is 10.1. The van der Waals surface area contributed by atoms with Crippen LogP contribution in [-0.4, -0.2) is 30.0 Å². The maximum absolute atomic E-state index is 4.37. The Morgan fingerprint density at radius 3 is 2.43 bits per heavy atom. The van der Waals surface area contributed by atoms with E-state index in [4.69, 9.17) is 0 Å². The monoisotopic (exact) mass is 283 g/mol. The lowest BCUT2D eigenvalue weighted by Crippen LogP contribution is -2.18. The quantitative estimate of drug-likeness (QED) is 0.755. The summed E-state index contributed by atoms with van der Waals surface area (Å²) in [5, 5.41) is 3.36. The van der Waals surface area contributed by atoms with Crippen molar-refractivity contribution in [1.29, 1.82) is 0 Å². The molecule has 0 spiro atoms. The van der Waals surface area contributed by atoms with Crippen LogP contribution in [0.2, 0.25) is 0 Å². The average molecular weight is 283 g/mol. The van der Waals surface area contributed by atoms with Gasteiger partial charge >= 0.3 is 0 Å². The molecule has 2 rings (SSSR count). The molecule has 0 saturated carbocycles. The van der Waals surface area contributed by atoms with E-state index in [1.807, 2.05) is 18.3 Å². The van der Waals surface area contributed by atoms with Gasteiger partial charge in [0.15, 0.2) is 0 Å². The number of hydrogen-bond donors (Lipinski definition) is 1. The predicted molar refractivity (Wildman–Crippen MR) is 88.1 cm³/mol. The number of rotatable bonds is 8. The summed E-state index contributed by atoms with van der Waals surface area (Å²) >= 11 is 0. The minimum absolute atomic E-state index is 0.878. The van der Waals surface area contributed by atoms with Gasteiger partial charge in [-0.25, -0.2) is 0 Å². The molecule has 0 bridgehead atoms. The average Bonchev–Trinajstić information content (AvgIpc) is 2.50. The van der Waals surface area contributed by atoms with Gasteiger partial charge in [0.1, 0.15) is 0 Å². The number of nitrogens with zero attached hydrogens (tertiary/aromatic N) is 2. The predicted octanol–water partition coefficient (Wildman–Crippen LogP) is 2.87. The molecule has 0 aliphatic carbocycles. The Kier molecular flexibility index (Phi) is 6.38. The van der Waals surface area contributed by atoms with Gasteiger partial charge in [-0.3, -0.25) is 9.88 Å². The van der Waals surface area contributed by atoms with Crippen LogP contribution in [-0.2, 0) is 19.5 Å². The molecule has 3 heteroatoms. The lowest BCUT2D eigenvalue weighted by molar-refractivity contribution is 0.315. The highest BCUT2D eigenvalue weighted by atomic mass is 15.1. The van der Waals surface area contributed by atoms with Crippen molar-refractivity contribution in [2.75, 3.05) is 20.1 Å². The van der Waals surface area contributed by atoms with Crippen LogP contribution >= 0.6 is 0 Å². The summed E-state index contributed by atoms with van der Waals surface area (Å²) < 4.78 is 0. The fraction of sp³-hybridized carbons (Fsp3) is 0.389. The zero-order valence-corrected chi connectivity index (χ0v) is 13.0. The zero-order valence-electron chi connectivity index (χ0n) is 13.0. The molecular formula is C18H25N3. The number of likely N-dealkylation sites (N-methyl/N-ethyl adjacent to an activating group) is 1. The van der Waals surface area contributed by atoms with Crippen molar-refractivity contribution >= 4 is 0 Å². The van der Waals surface area contributed by atoms with Gasteiger partial charge in [0.2, 0.25) is 0 Å². The summed E-state index contributed by atoms with van der Waals surface area (Å²) in [7, 11) is 2.13. The summed E-state index contributed by atoms with van der Waals surface area (Å²) in [5.41, 5.74) is 3.86. The Hall–Kier alpha value is -1.71. The smallest absolute Gasteiger partial charge is 0.0543 e. The summed E-state index contributed by atoms with van der Waals surface area (Å²) in [6, 6.07) is 15.0. The van der Waals surface area contributed by atoms with E-state index >= 15 is 0 Å². The maximum Gasteiger partial charge on any atom is 0.0543 e. The molecule has 0 radical (unpaired) electrons. The second-order valence-corrected chi connectivity index (χ2v) is 5.41. The van der Waals surface area contributed by atoms with Crippen molar-refractivity contribution in [1.82, 2.24) is 15.2 Å². The SMILES string of the molecule is CCNCCc1ccc(CN(C)Cc2ccccn2)cc1. The van der Waals surface area contributed by atoms with Crippen LogP contribution in [0, 0.1) is 0 Å². The van der Waals surface area contributed by atoms with E-state index in [1.54, 1.807) is 0 Å². The number of hydrogen-bond acceptors (Lipinski definition) is 3. The van der Waals surface area contributed by atoms with E-state index in [2.05, 4.69) is 59.5 Å². The third kappa shape index (κ3) is 5.66. The second-order valence-electron chi connectivity index (χ2n) is 5.41. The van der Waals surface area contributed by atoms with Crippen molar-refractivity contribution in [3.63, 3.8) is 0 Å². The summed E-state index contributed by atoms with van der Waals surface area (Å²) in [4.78, 5) is 6.66. The van der Waals surface area contributed by atoms with Crippen LogP contribution in [0.15, 0.2) is 48.7 Å². The van der Waals surface area contributed by atoms with Crippen LogP contribution in [0.1, 0.15) is 23.7 Å². The first-order chi connectivity index (χ1) is 10.3. The number of aromatic nitrogens is 1. The molecular weight excluding hydrogens is 258 g/mol. The molecule has 0 unspecified atom stereocenters. The Morgan fingerprint density at radius 1 is 1.00 bits per heavy atom. The fourth-order valence-corrected chi connectivity index (χ4v) is 2.36. The van der Waals surface area contributed by atoms with Crippen LogP contribution in [0.5, 0.6) is 0 Å². The van der Waals surface area contributed by atoms with E-state index in [0.29, 0.717) is 0 Å². The Labute approximate surface area is 128 Å². The molecule has 3 nitrogen and oxygen atoms in total. The highest BCUT2D eigenvalue weighted by molar-refractivity contribution is 5.22. The molecule has 21 heavy (non-hydrogen) atoms. The van der Waals surface area contributed by atoms with Gasteiger partial charge in [-0.05, 0) is 49.8 Å². The molecule has 1 N–H and O–H groups in total. The Morgan fingerprint density at radius 2 is 1.76 bits per heavy atom. The van der Waals surface area contributed by atoms with Gasteiger partial charge in [0.25, 0.3) is 0 Å². The van der Waals surface area contributed by atoms with Crippen molar-refractivity contribution in [2.45, 2.75) is 26.4 Å². The molecule has 1 aromatic heterocycles. The normalized spacial score (nSPS) is 11.0. The highest BCUT2D eigenvalue weighted by Crippen LogP contribution is 2.09. The highest BCUT2D eigenvalue weighted by Gasteiger charge is 2.02. The van der Waals surface area contributed by atoms with Gasteiger partial charge in [-0.2, -0.15) is 0 Å². The van der Waals surface area contributed by atoms with Crippen LogP contribution in [0.4, 0.5) is 0 Å². The standard InChI is InChI=1S/C18H25N3/c1-3-19-13-11-16-7-9-17(10-8-16)14-21(2)15-18-6-4-5-12-20-18/h4-10,12,19H,3,11,13-15H2,1-2H3. The topological polar surface area (TPSA) is 28.2 Å². The first-order valence-electron chi connectivity index (χ1n) is 7.65. The first-order valence-corrected chi connectivity index (χ1v) is 7.65. The minimum atomic E-state index is 0.878. The summed E-state index contributed by atoms with van der Waals surface area (Å²) in [6.07, 6.45) is 2.94. The molecule has 1 aromatic carbocycles. The Balaban J connectivity index is 1.82. The molecule has 0 fully saturated rings. The molecule has 0 aliphatic rings. The van der Waals surface area contributed by atoms with Crippen molar-refractivity contribution in [2.24, 2.45) is 0 Å². The van der Waals surface area contributed by atoms with E-state index in [1.165, 1.54) is 11.1 Å². The molecule has 0 aliphatic heterocycles. The largest absolute Gasteiger partial charge is 0.317 e. The number of benzene rings is 1. The molecule has 2 aromatic rings. The minimum Gasteiger partial charge on any atom is -0.317 e. The molecule has 0 amide bonds. The third-order valence-corrected chi connectivity index (χ3v) is 3.47. The van der Waals surface area contributed by atoms with Crippen LogP contribution in [0.25, 0.3) is 0 Å². The van der Waals surface area contributed by atoms with Crippen molar-refractivity contribution in [3.8, 4) is 0 Å². The van der Waals surface area contributed by atoms with E-state index in [9.17, 15) is 0 Å². The third-order valence-electron chi connectivity index (χ3n) is 3.47. The summed E-state index contributed by atoms with van der Waals surface area (Å²) in [5.74, 6) is 0. The van der Waals surface area contributed by atoms with Crippen LogP contribution in [0.3, 0.4) is 0 Å². The van der Waals surface area contributed by atoms with Crippen molar-refractivity contribution in [3.05, 3.63) is 65.5 Å². The van der Waals surface area contributed by atoms with E-state index in [-0.39, 0.29) is 0 Å². The number of pyridine rings is 1. The molecule has 112 valence electrons. The molecule has 0 saturated heterocycles. The fourth-order valence-electron chi connectivity index (χ4n) is 2.36. The first kappa shape index (κ1) is 15.7. The van der Waals surface area contributed by atoms with Gasteiger partial charge in [0.05, 0.1) is 5.69 Å². The second kappa shape index (κ2) is 8.55. The van der Waals surface area contributed by atoms with Gasteiger partial charge < -0.3 is 5.32 Å². The molecule has 1 heterocycles. The molecule has 0 atom stereocenters. The summed E-state index contributed by atoms with van der Waals surface area (Å²) in [6.45, 7) is 6.05. The van der Waals surface area contributed by atoms with Gasteiger partial charge in [0, 0.05) is 19.3 Å². The van der Waals surface area contributed by atoms with E-state index in [0.717, 1.165) is 38.3 Å². The lowest BCUT2D eigenvalue weighted by Gasteiger charge is -2.16. The maximum atomic E-state index is 4.37. The van der Waals surface area contributed by atoms with Crippen LogP contribution < -0.4 is 5.32 Å². The van der Waals surface area contributed by atoms with Gasteiger partial charge in [-0.1, -0.05) is 37.3 Å².